The number of carbonyl (C=O) groups is 2. The molecule has 4 rings (SSSR count). The van der Waals surface area contributed by atoms with Gasteiger partial charge in [-0.05, 0) is 48.2 Å². The van der Waals surface area contributed by atoms with E-state index in [-0.39, 0.29) is 41.1 Å². The molecule has 0 radical (unpaired) electrons. The highest BCUT2D eigenvalue weighted by molar-refractivity contribution is 8.00. The molecule has 2 heterocycles. The molecule has 2 saturated heterocycles. The quantitative estimate of drug-likeness (QED) is 0.256. The molecule has 2 aromatic carbocycles. The molecule has 12 nitrogen and oxygen atoms in total. The van der Waals surface area contributed by atoms with Crippen molar-refractivity contribution >= 4 is 48.0 Å². The highest BCUT2D eigenvalue weighted by Crippen LogP contribution is 2.30. The van der Waals surface area contributed by atoms with Gasteiger partial charge in [0.2, 0.25) is 0 Å². The molecule has 2 aliphatic heterocycles. The van der Waals surface area contributed by atoms with Gasteiger partial charge in [0.15, 0.2) is 0 Å². The Labute approximate surface area is 234 Å². The third-order valence-corrected chi connectivity index (χ3v) is 8.38. The second-order valence-electron chi connectivity index (χ2n) is 9.34. The number of nitrogens with zero attached hydrogens (tertiary/aromatic N) is 4. The number of thiol groups is 1. The summed E-state index contributed by atoms with van der Waals surface area (Å²) in [5.41, 5.74) is 1.28. The summed E-state index contributed by atoms with van der Waals surface area (Å²) in [4.78, 5) is 49.2. The molecule has 39 heavy (non-hydrogen) atoms. The number of non-ortho nitro benzene ring substituents is 2. The van der Waals surface area contributed by atoms with Gasteiger partial charge in [0.05, 0.1) is 9.85 Å². The third-order valence-electron chi connectivity index (χ3n) is 6.57. The Balaban J connectivity index is 1.20. The molecule has 2 aromatic rings. The highest BCUT2D eigenvalue weighted by atomic mass is 32.2. The predicted molar refractivity (Wildman–Crippen MR) is 147 cm³/mol. The van der Waals surface area contributed by atoms with Gasteiger partial charge in [-0.1, -0.05) is 0 Å². The number of likely N-dealkylation sites (tertiary alicyclic amines) is 2. The molecule has 0 unspecified atom stereocenters. The van der Waals surface area contributed by atoms with Crippen LogP contribution in [0.2, 0.25) is 0 Å². The van der Waals surface area contributed by atoms with Gasteiger partial charge in [-0.3, -0.25) is 20.2 Å². The van der Waals surface area contributed by atoms with E-state index in [2.05, 4.69) is 12.6 Å². The fourth-order valence-corrected chi connectivity index (χ4v) is 6.23. The maximum absolute atomic E-state index is 12.8. The van der Waals surface area contributed by atoms with Crippen LogP contribution in [0.15, 0.2) is 48.5 Å². The minimum absolute atomic E-state index is 0.0179. The van der Waals surface area contributed by atoms with Crippen molar-refractivity contribution in [2.75, 3.05) is 25.4 Å². The van der Waals surface area contributed by atoms with E-state index in [1.54, 1.807) is 45.8 Å². The first-order valence-corrected chi connectivity index (χ1v) is 13.9. The zero-order valence-corrected chi connectivity index (χ0v) is 22.6. The summed E-state index contributed by atoms with van der Waals surface area (Å²) in [7, 11) is 0. The summed E-state index contributed by atoms with van der Waals surface area (Å²) >= 11 is 6.26. The lowest BCUT2D eigenvalue weighted by Crippen LogP contribution is -2.38. The van der Waals surface area contributed by atoms with Crippen LogP contribution >= 0.6 is 24.4 Å². The minimum Gasteiger partial charge on any atom is -0.445 e. The first-order valence-electron chi connectivity index (χ1n) is 12.3. The molecule has 0 N–H and O–H groups in total. The Hall–Kier alpha value is -3.52. The van der Waals surface area contributed by atoms with Crippen molar-refractivity contribution in [3.05, 3.63) is 79.9 Å². The maximum Gasteiger partial charge on any atom is 0.410 e. The molecule has 2 amide bonds. The highest BCUT2D eigenvalue weighted by Gasteiger charge is 2.36. The van der Waals surface area contributed by atoms with E-state index < -0.39 is 22.0 Å². The molecule has 3 atom stereocenters. The van der Waals surface area contributed by atoms with Crippen LogP contribution in [0.4, 0.5) is 21.0 Å². The van der Waals surface area contributed by atoms with Crippen molar-refractivity contribution in [2.45, 2.75) is 42.6 Å². The lowest BCUT2D eigenvalue weighted by Gasteiger charge is -2.24. The maximum atomic E-state index is 12.8. The first-order chi connectivity index (χ1) is 18.7. The van der Waals surface area contributed by atoms with Crippen LogP contribution in [0.1, 0.15) is 24.0 Å². The average Bonchev–Trinajstić information content (AvgIpc) is 3.56. The van der Waals surface area contributed by atoms with Crippen molar-refractivity contribution in [3.63, 3.8) is 0 Å². The SMILES string of the molecule is O=C(OCc1ccc([N+](=O)[O-])cc1)N1CC[C@H](SC[C@@H]2C[C@H](S)CN2C(=O)OCc2ccc([N+](=O)[O-])cc2)C1. The summed E-state index contributed by atoms with van der Waals surface area (Å²) in [5, 5.41) is 21.8. The standard InChI is InChI=1S/C25H28N4O8S2/c30-24(36-14-17-1-5-19(6-2-17)28(32)33)26-10-9-23(13-26)39-16-21-11-22(38)12-27(21)25(31)37-15-18-3-7-20(8-4-18)29(34)35/h1-8,21-23,38H,9-16H2/t21-,22-,23-/m0/s1. The van der Waals surface area contributed by atoms with Crippen LogP contribution in [0, 0.1) is 20.2 Å². The molecule has 0 saturated carbocycles. The average molecular weight is 577 g/mol. The molecular formula is C25H28N4O8S2. The number of carbonyl (C=O) groups excluding carboxylic acids is 2. The predicted octanol–water partition coefficient (Wildman–Crippen LogP) is 4.66. The summed E-state index contributed by atoms with van der Waals surface area (Å²) < 4.78 is 10.8. The number of thioether (sulfide) groups is 1. The molecular weight excluding hydrogens is 548 g/mol. The summed E-state index contributed by atoms with van der Waals surface area (Å²) in [6, 6.07) is 11.7. The van der Waals surface area contributed by atoms with Gasteiger partial charge < -0.3 is 19.3 Å². The van der Waals surface area contributed by atoms with Crippen molar-refractivity contribution in [2.24, 2.45) is 0 Å². The van der Waals surface area contributed by atoms with E-state index in [1.807, 2.05) is 0 Å². The van der Waals surface area contributed by atoms with E-state index in [4.69, 9.17) is 9.47 Å². The van der Waals surface area contributed by atoms with Crippen molar-refractivity contribution in [1.29, 1.82) is 0 Å². The van der Waals surface area contributed by atoms with E-state index in [1.165, 1.54) is 24.3 Å². The molecule has 208 valence electrons. The smallest absolute Gasteiger partial charge is 0.410 e. The van der Waals surface area contributed by atoms with Crippen LogP contribution in [-0.4, -0.2) is 73.8 Å². The molecule has 0 aromatic heterocycles. The zero-order valence-electron chi connectivity index (χ0n) is 20.9. The number of benzene rings is 2. The lowest BCUT2D eigenvalue weighted by molar-refractivity contribution is -0.385. The number of amides is 2. The van der Waals surface area contributed by atoms with Crippen molar-refractivity contribution in [1.82, 2.24) is 9.80 Å². The van der Waals surface area contributed by atoms with Crippen LogP contribution < -0.4 is 0 Å². The second kappa shape index (κ2) is 13.0. The van der Waals surface area contributed by atoms with Gasteiger partial charge in [0.25, 0.3) is 11.4 Å². The Morgan fingerprint density at radius 3 is 1.97 bits per heavy atom. The van der Waals surface area contributed by atoms with Crippen molar-refractivity contribution in [3.8, 4) is 0 Å². The fraction of sp³-hybridized carbons (Fsp3) is 0.440. The monoisotopic (exact) mass is 576 g/mol. The normalized spacial score (nSPS) is 20.6. The second-order valence-corrected chi connectivity index (χ2v) is 11.4. The van der Waals surface area contributed by atoms with Gasteiger partial charge in [-0.2, -0.15) is 24.4 Å². The fourth-order valence-electron chi connectivity index (χ4n) is 4.44. The van der Waals surface area contributed by atoms with E-state index in [0.29, 0.717) is 36.5 Å². The number of rotatable bonds is 9. The van der Waals surface area contributed by atoms with Crippen molar-refractivity contribution < 1.29 is 28.9 Å². The molecule has 0 spiro atoms. The Morgan fingerprint density at radius 2 is 1.44 bits per heavy atom. The van der Waals surface area contributed by atoms with Crippen LogP contribution in [0.25, 0.3) is 0 Å². The number of hydrogen-bond acceptors (Lipinski definition) is 10. The third kappa shape index (κ3) is 7.76. The molecule has 0 aliphatic carbocycles. The number of hydrogen-bond donors (Lipinski definition) is 1. The topological polar surface area (TPSA) is 145 Å². The summed E-state index contributed by atoms with van der Waals surface area (Å²) in [5.74, 6) is 0.681. The largest absolute Gasteiger partial charge is 0.445 e. The van der Waals surface area contributed by atoms with Gasteiger partial charge >= 0.3 is 12.2 Å². The molecule has 14 heteroatoms. The Kier molecular flexibility index (Phi) is 9.51. The summed E-state index contributed by atoms with van der Waals surface area (Å²) in [6.45, 7) is 1.62. The zero-order chi connectivity index (χ0) is 27.9. The van der Waals surface area contributed by atoms with E-state index in [0.717, 1.165) is 12.8 Å². The van der Waals surface area contributed by atoms with Gasteiger partial charge in [0.1, 0.15) is 13.2 Å². The van der Waals surface area contributed by atoms with Crippen LogP contribution in [0.5, 0.6) is 0 Å². The molecule has 2 fully saturated rings. The first kappa shape index (κ1) is 28.5. The van der Waals surface area contributed by atoms with Crippen LogP contribution in [0.3, 0.4) is 0 Å². The Morgan fingerprint density at radius 1 is 0.897 bits per heavy atom. The molecule has 0 bridgehead atoms. The number of ether oxygens (including phenoxy) is 2. The van der Waals surface area contributed by atoms with Gasteiger partial charge in [-0.15, -0.1) is 0 Å². The van der Waals surface area contributed by atoms with E-state index in [9.17, 15) is 29.8 Å². The number of nitro groups is 2. The number of nitro benzene ring substituents is 2. The Bertz CT molecular complexity index is 1200. The van der Waals surface area contributed by atoms with Gasteiger partial charge in [0, 0.05) is 66.2 Å². The minimum atomic E-state index is -0.483. The van der Waals surface area contributed by atoms with Crippen LogP contribution in [-0.2, 0) is 22.7 Å². The van der Waals surface area contributed by atoms with Gasteiger partial charge in [-0.25, -0.2) is 9.59 Å². The molecule has 2 aliphatic rings. The lowest BCUT2D eigenvalue weighted by atomic mass is 10.2. The van der Waals surface area contributed by atoms with E-state index >= 15 is 0 Å². The summed E-state index contributed by atoms with van der Waals surface area (Å²) in [6.07, 6.45) is 0.664.